The molecule has 2 aliphatic rings. The zero-order valence-electron chi connectivity index (χ0n) is 15.5. The highest BCUT2D eigenvalue weighted by molar-refractivity contribution is 5.82. The summed E-state index contributed by atoms with van der Waals surface area (Å²) in [5, 5.41) is 8.55. The fourth-order valence-corrected chi connectivity index (χ4v) is 4.19. The van der Waals surface area contributed by atoms with Crippen molar-refractivity contribution in [2.45, 2.75) is 58.5 Å². The molecule has 1 unspecified atom stereocenters. The summed E-state index contributed by atoms with van der Waals surface area (Å²) >= 11 is 0. The fraction of sp³-hybridized carbons (Fsp3) is 0.833. The van der Waals surface area contributed by atoms with E-state index in [2.05, 4.69) is 40.2 Å². The highest BCUT2D eigenvalue weighted by Gasteiger charge is 2.56. The number of rotatable bonds is 6. The van der Waals surface area contributed by atoms with Crippen LogP contribution >= 0.6 is 0 Å². The molecule has 1 aromatic rings. The number of carbonyl (C=O) groups is 1. The van der Waals surface area contributed by atoms with Crippen molar-refractivity contribution < 1.29 is 4.79 Å². The summed E-state index contributed by atoms with van der Waals surface area (Å²) in [6, 6.07) is 0.374. The zero-order chi connectivity index (χ0) is 17.3. The molecule has 24 heavy (non-hydrogen) atoms. The average molecular weight is 333 g/mol. The SMILES string of the molecule is CCC1(CC)CC1C(=O)N1CCC(n2cc(CN(C)C)nn2)CC1. The Hall–Kier alpha value is -1.43. The van der Waals surface area contributed by atoms with Crippen LogP contribution in [0, 0.1) is 11.3 Å². The minimum Gasteiger partial charge on any atom is -0.342 e. The summed E-state index contributed by atoms with van der Waals surface area (Å²) in [5.41, 5.74) is 1.31. The molecule has 1 amide bonds. The van der Waals surface area contributed by atoms with Gasteiger partial charge >= 0.3 is 0 Å². The lowest BCUT2D eigenvalue weighted by atomic mass is 9.96. The largest absolute Gasteiger partial charge is 0.342 e. The first-order valence-electron chi connectivity index (χ1n) is 9.33. The molecule has 0 spiro atoms. The highest BCUT2D eigenvalue weighted by Crippen LogP contribution is 2.58. The molecule has 1 saturated heterocycles. The van der Waals surface area contributed by atoms with Gasteiger partial charge in [0.05, 0.1) is 17.9 Å². The second-order valence-corrected chi connectivity index (χ2v) is 7.81. The quantitative estimate of drug-likeness (QED) is 0.802. The van der Waals surface area contributed by atoms with Crippen LogP contribution in [-0.4, -0.2) is 57.9 Å². The van der Waals surface area contributed by atoms with Gasteiger partial charge in [-0.3, -0.25) is 4.79 Å². The molecule has 1 aromatic heterocycles. The van der Waals surface area contributed by atoms with Crippen molar-refractivity contribution in [3.63, 3.8) is 0 Å². The van der Waals surface area contributed by atoms with Crippen molar-refractivity contribution in [2.75, 3.05) is 27.2 Å². The third-order valence-corrected chi connectivity index (χ3v) is 6.08. The number of carbonyl (C=O) groups excluding carboxylic acids is 1. The van der Waals surface area contributed by atoms with E-state index < -0.39 is 0 Å². The van der Waals surface area contributed by atoms with E-state index in [1.165, 1.54) is 0 Å². The number of nitrogens with zero attached hydrogens (tertiary/aromatic N) is 5. The maximum Gasteiger partial charge on any atom is 0.226 e. The van der Waals surface area contributed by atoms with E-state index in [-0.39, 0.29) is 5.92 Å². The number of amides is 1. The van der Waals surface area contributed by atoms with Gasteiger partial charge in [0.1, 0.15) is 0 Å². The van der Waals surface area contributed by atoms with Crippen molar-refractivity contribution in [1.82, 2.24) is 24.8 Å². The normalized spacial score (nSPS) is 23.7. The molecule has 2 heterocycles. The summed E-state index contributed by atoms with van der Waals surface area (Å²) in [5.74, 6) is 0.672. The minimum atomic E-state index is 0.280. The van der Waals surface area contributed by atoms with Crippen molar-refractivity contribution in [3.05, 3.63) is 11.9 Å². The van der Waals surface area contributed by atoms with Crippen LogP contribution in [0.2, 0.25) is 0 Å². The first kappa shape index (κ1) is 17.4. The van der Waals surface area contributed by atoms with Crippen LogP contribution in [0.1, 0.15) is 57.7 Å². The smallest absolute Gasteiger partial charge is 0.226 e. The number of hydrogen-bond acceptors (Lipinski definition) is 4. The first-order chi connectivity index (χ1) is 11.5. The van der Waals surface area contributed by atoms with Crippen LogP contribution in [0.3, 0.4) is 0 Å². The maximum absolute atomic E-state index is 12.7. The van der Waals surface area contributed by atoms with Crippen molar-refractivity contribution in [2.24, 2.45) is 11.3 Å². The lowest BCUT2D eigenvalue weighted by Crippen LogP contribution is -2.40. The van der Waals surface area contributed by atoms with Gasteiger partial charge in [-0.05, 0) is 51.6 Å². The molecule has 2 fully saturated rings. The van der Waals surface area contributed by atoms with Gasteiger partial charge in [-0.1, -0.05) is 19.1 Å². The van der Waals surface area contributed by atoms with E-state index in [9.17, 15) is 4.79 Å². The maximum atomic E-state index is 12.7. The third-order valence-electron chi connectivity index (χ3n) is 6.08. The van der Waals surface area contributed by atoms with Gasteiger partial charge in [-0.15, -0.1) is 5.10 Å². The van der Waals surface area contributed by atoms with Crippen LogP contribution in [0.4, 0.5) is 0 Å². The molecule has 1 aliphatic carbocycles. The Labute approximate surface area is 145 Å². The summed E-state index contributed by atoms with van der Waals surface area (Å²) in [6.07, 6.45) is 7.37. The second kappa shape index (κ2) is 6.82. The van der Waals surface area contributed by atoms with Crippen molar-refractivity contribution >= 4 is 5.91 Å². The molecule has 3 rings (SSSR count). The number of hydrogen-bond donors (Lipinski definition) is 0. The molecule has 0 aromatic carbocycles. The Morgan fingerprint density at radius 3 is 2.50 bits per heavy atom. The standard InChI is InChI=1S/C18H31N5O/c1-5-18(6-2)11-16(18)17(24)22-9-7-15(8-10-22)23-13-14(19-20-23)12-21(3)4/h13,15-16H,5-12H2,1-4H3. The van der Waals surface area contributed by atoms with E-state index in [1.54, 1.807) is 0 Å². The Bertz CT molecular complexity index is 570. The number of aromatic nitrogens is 3. The third kappa shape index (κ3) is 3.34. The van der Waals surface area contributed by atoms with Gasteiger partial charge in [0, 0.05) is 25.6 Å². The molecule has 0 N–H and O–H groups in total. The fourth-order valence-electron chi connectivity index (χ4n) is 4.19. The minimum absolute atomic E-state index is 0.280. The van der Waals surface area contributed by atoms with Crippen molar-refractivity contribution in [3.8, 4) is 0 Å². The van der Waals surface area contributed by atoms with E-state index >= 15 is 0 Å². The topological polar surface area (TPSA) is 54.3 Å². The lowest BCUT2D eigenvalue weighted by molar-refractivity contribution is -0.134. The predicted molar refractivity (Wildman–Crippen MR) is 93.4 cm³/mol. The molecule has 6 heteroatoms. The summed E-state index contributed by atoms with van der Waals surface area (Å²) in [6.45, 7) is 6.96. The second-order valence-electron chi connectivity index (χ2n) is 7.81. The Kier molecular flexibility index (Phi) is 4.95. The molecule has 0 bridgehead atoms. The zero-order valence-corrected chi connectivity index (χ0v) is 15.5. The molecule has 1 saturated carbocycles. The molecule has 134 valence electrons. The van der Waals surface area contributed by atoms with Crippen LogP contribution in [0.25, 0.3) is 0 Å². The number of piperidine rings is 1. The molecule has 1 aliphatic heterocycles. The van der Waals surface area contributed by atoms with E-state index in [1.807, 2.05) is 18.8 Å². The van der Waals surface area contributed by atoms with Crippen molar-refractivity contribution in [1.29, 1.82) is 0 Å². The average Bonchev–Trinajstić information content (AvgIpc) is 3.16. The van der Waals surface area contributed by atoms with Crippen LogP contribution in [0.15, 0.2) is 6.20 Å². The predicted octanol–water partition coefficient (Wildman–Crippen LogP) is 2.33. The van der Waals surface area contributed by atoms with Gasteiger partial charge in [0.15, 0.2) is 0 Å². The molecular formula is C18H31N5O. The monoisotopic (exact) mass is 333 g/mol. The molecule has 1 atom stereocenters. The van der Waals surface area contributed by atoms with E-state index in [0.29, 0.717) is 17.4 Å². The van der Waals surface area contributed by atoms with E-state index in [4.69, 9.17) is 0 Å². The van der Waals surface area contributed by atoms with Gasteiger partial charge in [0.25, 0.3) is 0 Å². The van der Waals surface area contributed by atoms with E-state index in [0.717, 1.165) is 57.4 Å². The van der Waals surface area contributed by atoms with Crippen LogP contribution in [0.5, 0.6) is 0 Å². The van der Waals surface area contributed by atoms with Crippen LogP contribution in [-0.2, 0) is 11.3 Å². The van der Waals surface area contributed by atoms with Gasteiger partial charge < -0.3 is 9.80 Å². The molecular weight excluding hydrogens is 302 g/mol. The van der Waals surface area contributed by atoms with Gasteiger partial charge in [-0.25, -0.2) is 4.68 Å². The summed E-state index contributed by atoms with van der Waals surface area (Å²) in [4.78, 5) is 16.9. The highest BCUT2D eigenvalue weighted by atomic mass is 16.2. The lowest BCUT2D eigenvalue weighted by Gasteiger charge is -2.32. The molecule has 0 radical (unpaired) electrons. The Morgan fingerprint density at radius 2 is 1.96 bits per heavy atom. The van der Waals surface area contributed by atoms with Crippen LogP contribution < -0.4 is 0 Å². The molecule has 6 nitrogen and oxygen atoms in total. The van der Waals surface area contributed by atoms with Gasteiger partial charge in [-0.2, -0.15) is 0 Å². The number of likely N-dealkylation sites (tertiary alicyclic amines) is 1. The summed E-state index contributed by atoms with van der Waals surface area (Å²) < 4.78 is 2.00. The van der Waals surface area contributed by atoms with Gasteiger partial charge in [0.2, 0.25) is 5.91 Å². The first-order valence-corrected chi connectivity index (χ1v) is 9.33. The summed E-state index contributed by atoms with van der Waals surface area (Å²) in [7, 11) is 4.07. The Balaban J connectivity index is 1.53. The Morgan fingerprint density at radius 1 is 1.29 bits per heavy atom.